The van der Waals surface area contributed by atoms with Crippen LogP contribution in [0, 0.1) is 0 Å². The number of thioether (sulfide) groups is 1. The lowest BCUT2D eigenvalue weighted by atomic mass is 10.3. The smallest absolute Gasteiger partial charge is 0.201 e. The van der Waals surface area contributed by atoms with Crippen LogP contribution in [0.1, 0.15) is 6.42 Å². The van der Waals surface area contributed by atoms with Crippen LogP contribution in [0.15, 0.2) is 12.0 Å². The first-order chi connectivity index (χ1) is 6.37. The summed E-state index contributed by atoms with van der Waals surface area (Å²) in [6.07, 6.45) is 2.06. The van der Waals surface area contributed by atoms with Gasteiger partial charge < -0.3 is 24.0 Å². The Labute approximate surface area is 85.2 Å². The quantitative estimate of drug-likeness (QED) is 0.380. The molecule has 0 atom stereocenters. The second kappa shape index (κ2) is 6.08. The van der Waals surface area contributed by atoms with Crippen LogP contribution in [-0.2, 0) is 13.9 Å². The first-order valence-electron chi connectivity index (χ1n) is 3.48. The van der Waals surface area contributed by atoms with Crippen LogP contribution in [0.2, 0.25) is 0 Å². The Morgan fingerprint density at radius 3 is 2.64 bits per heavy atom. The molecule has 14 heavy (non-hydrogen) atoms. The third kappa shape index (κ3) is 6.97. The zero-order chi connectivity index (χ0) is 11.2. The molecule has 0 bridgehead atoms. The van der Waals surface area contributed by atoms with Gasteiger partial charge >= 0.3 is 0 Å². The van der Waals surface area contributed by atoms with Crippen molar-refractivity contribution in [2.24, 2.45) is 0 Å². The maximum absolute atomic E-state index is 10.9. The summed E-state index contributed by atoms with van der Waals surface area (Å²) in [4.78, 5) is 30.8. The van der Waals surface area contributed by atoms with Crippen molar-refractivity contribution in [1.82, 2.24) is 0 Å². The molecule has 0 heterocycles. The highest BCUT2D eigenvalue weighted by Crippen LogP contribution is 2.25. The van der Waals surface area contributed by atoms with Gasteiger partial charge in [-0.3, -0.25) is 4.79 Å². The Bertz CT molecular complexity index is 269. The number of hydrogen-bond acceptors (Lipinski definition) is 7. The maximum Gasteiger partial charge on any atom is 0.201 e. The van der Waals surface area contributed by atoms with Crippen LogP contribution in [0.3, 0.4) is 0 Å². The molecular formula is C6H9O6PS-2. The molecule has 0 rings (SSSR count). The summed E-state index contributed by atoms with van der Waals surface area (Å²) in [7, 11) is -5.18. The minimum absolute atomic E-state index is 0.0505. The molecule has 0 radical (unpaired) electrons. The molecule has 0 amide bonds. The molecule has 0 unspecified atom stereocenters. The lowest BCUT2D eigenvalue weighted by Gasteiger charge is -2.26. The van der Waals surface area contributed by atoms with Crippen LogP contribution in [-0.4, -0.2) is 22.9 Å². The van der Waals surface area contributed by atoms with Gasteiger partial charge in [0.1, 0.15) is 14.1 Å². The molecule has 0 aliphatic heterocycles. The zero-order valence-electron chi connectivity index (χ0n) is 7.34. The Morgan fingerprint density at radius 2 is 2.21 bits per heavy atom. The van der Waals surface area contributed by atoms with Crippen molar-refractivity contribution in [1.29, 1.82) is 0 Å². The van der Waals surface area contributed by atoms with Gasteiger partial charge in [0, 0.05) is 12.2 Å². The largest absolute Gasteiger partial charge is 0.780 e. The average molecular weight is 240 g/mol. The average Bonchev–Trinajstić information content (AvgIpc) is 2.09. The Hall–Kier alpha value is -0.490. The normalized spacial score (nSPS) is 12.6. The number of Topliss-reactive ketones (excluding diaryl/α,β-unsaturated/α-hetero) is 1. The summed E-state index contributed by atoms with van der Waals surface area (Å²) in [6, 6.07) is 0. The summed E-state index contributed by atoms with van der Waals surface area (Å²) in [5.74, 6) is -1.05. The van der Waals surface area contributed by atoms with Crippen LogP contribution >= 0.6 is 19.6 Å². The molecule has 0 aliphatic carbocycles. The number of phosphoric ester groups is 1. The van der Waals surface area contributed by atoms with E-state index in [2.05, 4.69) is 4.52 Å². The minimum Gasteiger partial charge on any atom is -0.780 e. The third-order valence-electron chi connectivity index (χ3n) is 1.11. The maximum atomic E-state index is 10.9. The van der Waals surface area contributed by atoms with E-state index < -0.39 is 19.4 Å². The van der Waals surface area contributed by atoms with Crippen molar-refractivity contribution in [2.45, 2.75) is 6.42 Å². The standard InChI is InChI=1S/C6H11O6PS/c1-14-3-2-5(7)6(8)4-12-13(9,10)11/h4,8H,2-3H2,1H3,(H2,9,10,11)/p-2. The first-order valence-corrected chi connectivity index (χ1v) is 6.34. The number of carbonyl (C=O) groups is 1. The van der Waals surface area contributed by atoms with Gasteiger partial charge in [0.15, 0.2) is 5.76 Å². The first kappa shape index (κ1) is 13.5. The number of aliphatic hydroxyl groups excluding tert-OH is 1. The van der Waals surface area contributed by atoms with Crippen molar-refractivity contribution in [3.05, 3.63) is 12.0 Å². The SMILES string of the molecule is CSCCC(=O)C(O)=COP(=O)([O-])[O-]. The van der Waals surface area contributed by atoms with Crippen molar-refractivity contribution in [3.63, 3.8) is 0 Å². The lowest BCUT2D eigenvalue weighted by Crippen LogP contribution is -2.15. The molecule has 0 aromatic rings. The predicted molar refractivity (Wildman–Crippen MR) is 47.4 cm³/mol. The molecule has 0 spiro atoms. The monoisotopic (exact) mass is 240 g/mol. The van der Waals surface area contributed by atoms with E-state index in [1.54, 1.807) is 6.26 Å². The van der Waals surface area contributed by atoms with Crippen molar-refractivity contribution in [2.75, 3.05) is 12.0 Å². The van der Waals surface area contributed by atoms with Crippen LogP contribution < -0.4 is 9.79 Å². The van der Waals surface area contributed by atoms with Gasteiger partial charge in [0.2, 0.25) is 5.78 Å². The summed E-state index contributed by atoms with van der Waals surface area (Å²) in [6.45, 7) is 0. The number of aliphatic hydroxyl groups is 1. The Balaban J connectivity index is 4.11. The molecule has 6 nitrogen and oxygen atoms in total. The van der Waals surface area contributed by atoms with Gasteiger partial charge in [-0.15, -0.1) is 0 Å². The number of allylic oxidation sites excluding steroid dienone is 1. The van der Waals surface area contributed by atoms with Gasteiger partial charge in [-0.2, -0.15) is 11.8 Å². The number of carbonyl (C=O) groups excluding carboxylic acids is 1. The van der Waals surface area contributed by atoms with E-state index in [9.17, 15) is 19.1 Å². The second-order valence-corrected chi connectivity index (χ2v) is 4.31. The topological polar surface area (TPSA) is 110 Å². The lowest BCUT2D eigenvalue weighted by molar-refractivity contribution is -0.337. The molecule has 0 aromatic carbocycles. The molecule has 0 aromatic heterocycles. The molecular weight excluding hydrogens is 231 g/mol. The van der Waals surface area contributed by atoms with Crippen LogP contribution in [0.5, 0.6) is 0 Å². The van der Waals surface area contributed by atoms with E-state index in [1.165, 1.54) is 11.8 Å². The summed E-state index contributed by atoms with van der Waals surface area (Å²) in [5, 5.41) is 8.89. The zero-order valence-corrected chi connectivity index (χ0v) is 9.05. The molecule has 1 N–H and O–H groups in total. The summed E-state index contributed by atoms with van der Waals surface area (Å²) in [5.41, 5.74) is 0. The van der Waals surface area contributed by atoms with E-state index in [0.717, 1.165) is 0 Å². The number of rotatable bonds is 6. The predicted octanol–water partition coefficient (Wildman–Crippen LogP) is -0.447. The highest BCUT2D eigenvalue weighted by molar-refractivity contribution is 7.98. The summed E-state index contributed by atoms with van der Waals surface area (Å²) >= 11 is 1.39. The van der Waals surface area contributed by atoms with Gasteiger partial charge in [-0.05, 0) is 6.26 Å². The fraction of sp³-hybridized carbons (Fsp3) is 0.500. The van der Waals surface area contributed by atoms with Gasteiger partial charge in [-0.1, -0.05) is 0 Å². The van der Waals surface area contributed by atoms with E-state index in [-0.39, 0.29) is 12.7 Å². The molecule has 0 aliphatic rings. The van der Waals surface area contributed by atoms with E-state index in [1.807, 2.05) is 0 Å². The van der Waals surface area contributed by atoms with Gasteiger partial charge in [-0.25, -0.2) is 0 Å². The Morgan fingerprint density at radius 1 is 1.64 bits per heavy atom. The number of ketones is 1. The fourth-order valence-corrected chi connectivity index (χ4v) is 1.12. The third-order valence-corrected chi connectivity index (χ3v) is 2.09. The Kier molecular flexibility index (Phi) is 5.87. The highest BCUT2D eigenvalue weighted by atomic mass is 32.2. The van der Waals surface area contributed by atoms with Crippen LogP contribution in [0.4, 0.5) is 0 Å². The van der Waals surface area contributed by atoms with Crippen molar-refractivity contribution < 1.29 is 28.8 Å². The fourth-order valence-electron chi connectivity index (χ4n) is 0.503. The molecule has 0 saturated heterocycles. The second-order valence-electron chi connectivity index (χ2n) is 2.22. The van der Waals surface area contributed by atoms with Crippen molar-refractivity contribution >= 4 is 25.4 Å². The van der Waals surface area contributed by atoms with E-state index in [4.69, 9.17) is 5.11 Å². The molecule has 82 valence electrons. The highest BCUT2D eigenvalue weighted by Gasteiger charge is 2.07. The molecule has 0 fully saturated rings. The van der Waals surface area contributed by atoms with E-state index in [0.29, 0.717) is 5.75 Å². The van der Waals surface area contributed by atoms with Gasteiger partial charge in [0.05, 0.1) is 0 Å². The number of hydrogen-bond donors (Lipinski definition) is 1. The van der Waals surface area contributed by atoms with E-state index >= 15 is 0 Å². The summed E-state index contributed by atoms with van der Waals surface area (Å²) < 4.78 is 13.5. The van der Waals surface area contributed by atoms with Gasteiger partial charge in [0.25, 0.3) is 0 Å². The molecule has 0 saturated carbocycles. The molecule has 8 heteroatoms. The number of phosphoric acid groups is 1. The van der Waals surface area contributed by atoms with Crippen molar-refractivity contribution in [3.8, 4) is 0 Å². The minimum atomic E-state index is -5.18. The van der Waals surface area contributed by atoms with Crippen LogP contribution in [0.25, 0.3) is 0 Å².